The van der Waals surface area contributed by atoms with Crippen LogP contribution in [-0.4, -0.2) is 20.7 Å². The second-order valence-corrected chi connectivity index (χ2v) is 4.48. The molecule has 0 saturated carbocycles. The van der Waals surface area contributed by atoms with Crippen LogP contribution in [-0.2, 0) is 18.4 Å². The summed E-state index contributed by atoms with van der Waals surface area (Å²) in [7, 11) is 1.89. The van der Waals surface area contributed by atoms with Crippen molar-refractivity contribution in [2.45, 2.75) is 20.4 Å². The van der Waals surface area contributed by atoms with Crippen molar-refractivity contribution in [2.24, 2.45) is 7.05 Å². The zero-order chi connectivity index (χ0) is 13.8. The van der Waals surface area contributed by atoms with Crippen molar-refractivity contribution < 1.29 is 4.79 Å². The maximum Gasteiger partial charge on any atom is 0.244 e. The molecule has 0 bridgehead atoms. The minimum absolute atomic E-state index is 0.108. The minimum atomic E-state index is -0.108. The average molecular weight is 258 g/mol. The van der Waals surface area contributed by atoms with E-state index in [0.717, 1.165) is 22.5 Å². The third kappa shape index (κ3) is 3.13. The van der Waals surface area contributed by atoms with Crippen molar-refractivity contribution in [1.82, 2.24) is 20.1 Å². The Balaban J connectivity index is 1.96. The van der Waals surface area contributed by atoms with E-state index in [1.54, 1.807) is 6.08 Å². The van der Waals surface area contributed by atoms with Gasteiger partial charge in [-0.3, -0.25) is 9.48 Å². The number of amides is 1. The van der Waals surface area contributed by atoms with Crippen LogP contribution >= 0.6 is 0 Å². The van der Waals surface area contributed by atoms with Crippen LogP contribution in [0.1, 0.15) is 22.5 Å². The van der Waals surface area contributed by atoms with Crippen molar-refractivity contribution in [3.63, 3.8) is 0 Å². The lowest BCUT2D eigenvalue weighted by atomic mass is 10.2. The lowest BCUT2D eigenvalue weighted by Gasteiger charge is -1.99. The number of hydrogen-bond acceptors (Lipinski definition) is 2. The van der Waals surface area contributed by atoms with Crippen LogP contribution in [0.5, 0.6) is 0 Å². The van der Waals surface area contributed by atoms with E-state index in [9.17, 15) is 4.79 Å². The third-order valence-electron chi connectivity index (χ3n) is 3.10. The number of nitrogens with one attached hydrogen (secondary N) is 2. The monoisotopic (exact) mass is 258 g/mol. The van der Waals surface area contributed by atoms with Crippen molar-refractivity contribution in [3.05, 3.63) is 47.1 Å². The highest BCUT2D eigenvalue weighted by molar-refractivity contribution is 5.91. The number of aryl methyl sites for hydroxylation is 2. The molecule has 5 heteroatoms. The van der Waals surface area contributed by atoms with Gasteiger partial charge in [0, 0.05) is 43.3 Å². The fourth-order valence-electron chi connectivity index (χ4n) is 1.91. The van der Waals surface area contributed by atoms with Crippen LogP contribution in [0, 0.1) is 13.8 Å². The highest BCUT2D eigenvalue weighted by atomic mass is 16.1. The van der Waals surface area contributed by atoms with Gasteiger partial charge in [-0.1, -0.05) is 0 Å². The molecular weight excluding hydrogens is 240 g/mol. The summed E-state index contributed by atoms with van der Waals surface area (Å²) in [6.45, 7) is 4.44. The highest BCUT2D eigenvalue weighted by Crippen LogP contribution is 2.13. The van der Waals surface area contributed by atoms with Gasteiger partial charge in [-0.2, -0.15) is 5.10 Å². The highest BCUT2D eigenvalue weighted by Gasteiger charge is 2.06. The molecular formula is C14H18N4O. The van der Waals surface area contributed by atoms with Gasteiger partial charge in [0.25, 0.3) is 0 Å². The van der Waals surface area contributed by atoms with E-state index in [2.05, 4.69) is 15.4 Å². The second kappa shape index (κ2) is 5.56. The van der Waals surface area contributed by atoms with Gasteiger partial charge in [0.1, 0.15) is 0 Å². The number of nitrogens with zero attached hydrogens (tertiary/aromatic N) is 2. The van der Waals surface area contributed by atoms with Crippen LogP contribution in [0.25, 0.3) is 6.08 Å². The van der Waals surface area contributed by atoms with Crippen molar-refractivity contribution >= 4 is 12.0 Å². The number of rotatable bonds is 4. The van der Waals surface area contributed by atoms with E-state index in [0.29, 0.717) is 6.54 Å². The Kier molecular flexibility index (Phi) is 3.85. The number of aromatic nitrogens is 3. The maximum atomic E-state index is 11.7. The Bertz CT molecular complexity index is 593. The Hall–Kier alpha value is -2.30. The molecule has 0 aliphatic heterocycles. The van der Waals surface area contributed by atoms with Crippen LogP contribution in [0.3, 0.4) is 0 Å². The first-order valence-electron chi connectivity index (χ1n) is 6.15. The number of carbonyl (C=O) groups excluding carboxylic acids is 1. The zero-order valence-electron chi connectivity index (χ0n) is 11.4. The molecule has 2 aromatic rings. The number of aromatic amines is 1. The molecule has 2 N–H and O–H groups in total. The Morgan fingerprint density at radius 3 is 2.89 bits per heavy atom. The smallest absolute Gasteiger partial charge is 0.244 e. The Labute approximate surface area is 112 Å². The lowest BCUT2D eigenvalue weighted by Crippen LogP contribution is -2.19. The fraction of sp³-hybridized carbons (Fsp3) is 0.286. The molecule has 100 valence electrons. The van der Waals surface area contributed by atoms with Crippen LogP contribution in [0.2, 0.25) is 0 Å². The number of carbonyl (C=O) groups is 1. The topological polar surface area (TPSA) is 62.7 Å². The number of H-pyrrole nitrogens is 1. The standard InChI is InChI=1S/C14H18N4O/c1-10-13(11(2)18(3)17-10)4-5-14(19)16-9-12-6-7-15-8-12/h4-8,15H,9H2,1-3H3,(H,16,19)/b5-4+. The first kappa shape index (κ1) is 13.1. The summed E-state index contributed by atoms with van der Waals surface area (Å²) in [5.41, 5.74) is 4.02. The number of hydrogen-bond donors (Lipinski definition) is 2. The summed E-state index contributed by atoms with van der Waals surface area (Å²) in [6.07, 6.45) is 7.05. The first-order chi connectivity index (χ1) is 9.08. The molecule has 0 spiro atoms. The van der Waals surface area contributed by atoms with Crippen molar-refractivity contribution in [3.8, 4) is 0 Å². The zero-order valence-corrected chi connectivity index (χ0v) is 11.4. The molecule has 1 amide bonds. The summed E-state index contributed by atoms with van der Waals surface area (Å²) >= 11 is 0. The Morgan fingerprint density at radius 1 is 1.53 bits per heavy atom. The normalized spacial score (nSPS) is 11.1. The van der Waals surface area contributed by atoms with Gasteiger partial charge < -0.3 is 10.3 Å². The van der Waals surface area contributed by atoms with Gasteiger partial charge in [0.05, 0.1) is 5.69 Å². The minimum Gasteiger partial charge on any atom is -0.367 e. The molecule has 0 radical (unpaired) electrons. The van der Waals surface area contributed by atoms with E-state index in [4.69, 9.17) is 0 Å². The van der Waals surface area contributed by atoms with E-state index >= 15 is 0 Å². The summed E-state index contributed by atoms with van der Waals surface area (Å²) in [6, 6.07) is 1.93. The molecule has 0 atom stereocenters. The third-order valence-corrected chi connectivity index (χ3v) is 3.10. The lowest BCUT2D eigenvalue weighted by molar-refractivity contribution is -0.116. The molecule has 0 unspecified atom stereocenters. The van der Waals surface area contributed by atoms with Gasteiger partial charge in [0.15, 0.2) is 0 Å². The van der Waals surface area contributed by atoms with Gasteiger partial charge in [0.2, 0.25) is 5.91 Å². The maximum absolute atomic E-state index is 11.7. The molecule has 19 heavy (non-hydrogen) atoms. The molecule has 0 aromatic carbocycles. The summed E-state index contributed by atoms with van der Waals surface area (Å²) in [5, 5.41) is 7.13. The van der Waals surface area contributed by atoms with E-state index in [1.807, 2.05) is 50.1 Å². The summed E-state index contributed by atoms with van der Waals surface area (Å²) in [4.78, 5) is 14.7. The second-order valence-electron chi connectivity index (χ2n) is 4.48. The molecule has 2 heterocycles. The molecule has 0 aliphatic carbocycles. The largest absolute Gasteiger partial charge is 0.367 e. The van der Waals surface area contributed by atoms with Gasteiger partial charge in [-0.15, -0.1) is 0 Å². The molecule has 0 fully saturated rings. The molecule has 5 nitrogen and oxygen atoms in total. The predicted octanol–water partition coefficient (Wildman–Crippen LogP) is 1.69. The van der Waals surface area contributed by atoms with Gasteiger partial charge >= 0.3 is 0 Å². The van der Waals surface area contributed by atoms with Crippen LogP contribution in [0.4, 0.5) is 0 Å². The average Bonchev–Trinajstić information content (AvgIpc) is 2.96. The van der Waals surface area contributed by atoms with Crippen LogP contribution in [0.15, 0.2) is 24.5 Å². The van der Waals surface area contributed by atoms with Gasteiger partial charge in [-0.05, 0) is 31.6 Å². The van der Waals surface area contributed by atoms with Crippen molar-refractivity contribution in [2.75, 3.05) is 0 Å². The molecule has 0 saturated heterocycles. The van der Waals surface area contributed by atoms with Crippen molar-refractivity contribution in [1.29, 1.82) is 0 Å². The quantitative estimate of drug-likeness (QED) is 0.820. The van der Waals surface area contributed by atoms with E-state index < -0.39 is 0 Å². The fourth-order valence-corrected chi connectivity index (χ4v) is 1.91. The van der Waals surface area contributed by atoms with Crippen LogP contribution < -0.4 is 5.32 Å². The van der Waals surface area contributed by atoms with E-state index in [-0.39, 0.29) is 5.91 Å². The molecule has 2 aromatic heterocycles. The van der Waals surface area contributed by atoms with Gasteiger partial charge in [-0.25, -0.2) is 0 Å². The molecule has 0 aliphatic rings. The first-order valence-corrected chi connectivity index (χ1v) is 6.15. The summed E-state index contributed by atoms with van der Waals surface area (Å²) in [5.74, 6) is -0.108. The SMILES string of the molecule is Cc1nn(C)c(C)c1/C=C/C(=O)NCc1cc[nH]c1. The van der Waals surface area contributed by atoms with E-state index in [1.165, 1.54) is 0 Å². The Morgan fingerprint density at radius 2 is 2.32 bits per heavy atom. The molecule has 2 rings (SSSR count). The summed E-state index contributed by atoms with van der Waals surface area (Å²) < 4.78 is 1.81. The predicted molar refractivity (Wildman–Crippen MR) is 74.4 cm³/mol.